The molecule has 2 N–H and O–H groups in total. The van der Waals surface area contributed by atoms with Gasteiger partial charge in [0.25, 0.3) is 5.91 Å². The van der Waals surface area contributed by atoms with Crippen LogP contribution in [0.2, 0.25) is 0 Å². The molecule has 1 aliphatic rings. The van der Waals surface area contributed by atoms with Gasteiger partial charge in [-0.15, -0.1) is 0 Å². The van der Waals surface area contributed by atoms with Gasteiger partial charge in [0.15, 0.2) is 5.78 Å². The average Bonchev–Trinajstić information content (AvgIpc) is 2.95. The molecule has 0 aromatic heterocycles. The van der Waals surface area contributed by atoms with Crippen molar-refractivity contribution in [1.82, 2.24) is 10.6 Å². The zero-order chi connectivity index (χ0) is 31.5. The molecule has 1 saturated heterocycles. The molecule has 0 saturated carbocycles. The largest absolute Gasteiger partial charge is 0.458 e. The topological polar surface area (TPSA) is 129 Å². The minimum absolute atomic E-state index is 0.119. The lowest BCUT2D eigenvalue weighted by Gasteiger charge is -2.31. The van der Waals surface area contributed by atoms with Crippen LogP contribution in [0, 0.1) is 0 Å². The van der Waals surface area contributed by atoms with Crippen LogP contribution in [0.3, 0.4) is 0 Å². The van der Waals surface area contributed by atoms with E-state index >= 15 is 0 Å². The van der Waals surface area contributed by atoms with Crippen LogP contribution in [-0.4, -0.2) is 73.5 Å². The SMILES string of the molecule is CC(C)(C)OC(=O)C(CCCCNC(=O)OC(C)(C)CC1COCCO1)NC(=O)c1ccc(C(=O)c2ccccc2)cc1. The molecular formula is C33H44N2O8. The van der Waals surface area contributed by atoms with Crippen molar-refractivity contribution in [1.29, 1.82) is 0 Å². The van der Waals surface area contributed by atoms with Gasteiger partial charge in [0.05, 0.1) is 25.9 Å². The summed E-state index contributed by atoms with van der Waals surface area (Å²) in [5.41, 5.74) is -0.131. The van der Waals surface area contributed by atoms with E-state index in [0.29, 0.717) is 68.7 Å². The zero-order valence-corrected chi connectivity index (χ0v) is 25.8. The van der Waals surface area contributed by atoms with Crippen LogP contribution in [0.15, 0.2) is 54.6 Å². The molecule has 43 heavy (non-hydrogen) atoms. The first-order valence-corrected chi connectivity index (χ1v) is 14.7. The highest BCUT2D eigenvalue weighted by atomic mass is 16.6. The molecule has 1 heterocycles. The zero-order valence-electron chi connectivity index (χ0n) is 25.8. The van der Waals surface area contributed by atoms with Gasteiger partial charge in [-0.3, -0.25) is 9.59 Å². The van der Waals surface area contributed by atoms with Gasteiger partial charge in [-0.2, -0.15) is 0 Å². The molecule has 0 aliphatic carbocycles. The summed E-state index contributed by atoms with van der Waals surface area (Å²) in [7, 11) is 0. The van der Waals surface area contributed by atoms with Crippen molar-refractivity contribution < 1.29 is 38.1 Å². The highest BCUT2D eigenvalue weighted by molar-refractivity contribution is 6.09. The van der Waals surface area contributed by atoms with E-state index in [1.165, 1.54) is 0 Å². The summed E-state index contributed by atoms with van der Waals surface area (Å²) in [5, 5.41) is 5.52. The second-order valence-corrected chi connectivity index (χ2v) is 12.2. The van der Waals surface area contributed by atoms with Crippen LogP contribution in [0.25, 0.3) is 0 Å². The Morgan fingerprint density at radius 1 is 0.860 bits per heavy atom. The fourth-order valence-electron chi connectivity index (χ4n) is 4.59. The Bertz CT molecular complexity index is 1220. The smallest absolute Gasteiger partial charge is 0.407 e. The second kappa shape index (κ2) is 15.6. The van der Waals surface area contributed by atoms with Crippen molar-refractivity contribution in [2.24, 2.45) is 0 Å². The number of hydrogen-bond acceptors (Lipinski definition) is 8. The molecule has 1 aliphatic heterocycles. The summed E-state index contributed by atoms with van der Waals surface area (Å²) in [6, 6.07) is 14.3. The van der Waals surface area contributed by atoms with Crippen LogP contribution >= 0.6 is 0 Å². The van der Waals surface area contributed by atoms with E-state index in [0.717, 1.165) is 0 Å². The van der Waals surface area contributed by atoms with Gasteiger partial charge in [0, 0.05) is 29.7 Å². The first-order valence-electron chi connectivity index (χ1n) is 14.7. The summed E-state index contributed by atoms with van der Waals surface area (Å²) in [4.78, 5) is 51.0. The van der Waals surface area contributed by atoms with Crippen LogP contribution < -0.4 is 10.6 Å². The molecule has 3 rings (SSSR count). The summed E-state index contributed by atoms with van der Waals surface area (Å²) in [6.07, 6.45) is 1.27. The minimum Gasteiger partial charge on any atom is -0.458 e. The van der Waals surface area contributed by atoms with Crippen molar-refractivity contribution in [3.05, 3.63) is 71.3 Å². The molecule has 234 valence electrons. The van der Waals surface area contributed by atoms with Gasteiger partial charge >= 0.3 is 12.1 Å². The number of benzene rings is 2. The standard InChI is InChI=1S/C33H44N2O8/c1-32(2,3)42-30(38)27(13-9-10-18-34-31(39)43-33(4,5)21-26-22-40-19-20-41-26)35-29(37)25-16-14-24(15-17-25)28(36)23-11-7-6-8-12-23/h6-8,11-12,14-17,26-27H,9-10,13,18-22H2,1-5H3,(H,34,39)(H,35,37). The van der Waals surface area contributed by atoms with Gasteiger partial charge in [-0.05, 0) is 66.0 Å². The number of ketones is 1. The normalized spacial score (nSPS) is 16.1. The van der Waals surface area contributed by atoms with E-state index in [2.05, 4.69) is 10.6 Å². The Morgan fingerprint density at radius 2 is 1.51 bits per heavy atom. The van der Waals surface area contributed by atoms with E-state index in [4.69, 9.17) is 18.9 Å². The maximum atomic E-state index is 13.0. The maximum Gasteiger partial charge on any atom is 0.407 e. The summed E-state index contributed by atoms with van der Waals surface area (Å²) in [6.45, 7) is 10.8. The lowest BCUT2D eigenvalue weighted by molar-refractivity contribution is -0.157. The highest BCUT2D eigenvalue weighted by Crippen LogP contribution is 2.21. The number of unbranched alkanes of at least 4 members (excludes halogenated alkanes) is 1. The molecule has 1 fully saturated rings. The number of alkyl carbamates (subject to hydrolysis) is 1. The number of esters is 1. The minimum atomic E-state index is -0.888. The van der Waals surface area contributed by atoms with Crippen LogP contribution in [0.4, 0.5) is 4.79 Å². The first-order chi connectivity index (χ1) is 20.3. The van der Waals surface area contributed by atoms with Gasteiger partial charge in [0.1, 0.15) is 17.2 Å². The van der Waals surface area contributed by atoms with Crippen molar-refractivity contribution in [3.63, 3.8) is 0 Å². The highest BCUT2D eigenvalue weighted by Gasteiger charge is 2.30. The van der Waals surface area contributed by atoms with Gasteiger partial charge < -0.3 is 29.6 Å². The number of amides is 2. The maximum absolute atomic E-state index is 13.0. The number of carbonyl (C=O) groups excluding carboxylic acids is 4. The number of nitrogens with one attached hydrogen (secondary N) is 2. The third-order valence-electron chi connectivity index (χ3n) is 6.60. The monoisotopic (exact) mass is 596 g/mol. The third kappa shape index (κ3) is 11.8. The molecular weight excluding hydrogens is 552 g/mol. The Morgan fingerprint density at radius 3 is 2.14 bits per heavy atom. The Balaban J connectivity index is 1.50. The van der Waals surface area contributed by atoms with Crippen LogP contribution in [0.1, 0.15) is 86.6 Å². The fourth-order valence-corrected chi connectivity index (χ4v) is 4.59. The molecule has 0 radical (unpaired) electrons. The molecule has 2 aromatic rings. The number of rotatable bonds is 13. The predicted octanol–water partition coefficient (Wildman–Crippen LogP) is 4.84. The van der Waals surface area contributed by atoms with E-state index in [1.54, 1.807) is 69.3 Å². The van der Waals surface area contributed by atoms with Crippen molar-refractivity contribution >= 4 is 23.8 Å². The second-order valence-electron chi connectivity index (χ2n) is 12.2. The van der Waals surface area contributed by atoms with Crippen LogP contribution in [0.5, 0.6) is 0 Å². The van der Waals surface area contributed by atoms with Crippen molar-refractivity contribution in [2.75, 3.05) is 26.4 Å². The Kier molecular flexibility index (Phi) is 12.3. The van der Waals surface area contributed by atoms with E-state index in [-0.39, 0.29) is 11.9 Å². The van der Waals surface area contributed by atoms with Gasteiger partial charge in [0.2, 0.25) is 0 Å². The van der Waals surface area contributed by atoms with E-state index in [1.807, 2.05) is 19.9 Å². The van der Waals surface area contributed by atoms with Gasteiger partial charge in [-0.25, -0.2) is 9.59 Å². The Hall–Kier alpha value is -3.76. The predicted molar refractivity (Wildman–Crippen MR) is 161 cm³/mol. The molecule has 10 heteroatoms. The van der Waals surface area contributed by atoms with Crippen molar-refractivity contribution in [3.8, 4) is 0 Å². The molecule has 2 amide bonds. The van der Waals surface area contributed by atoms with Crippen LogP contribution in [-0.2, 0) is 23.7 Å². The van der Waals surface area contributed by atoms with E-state index in [9.17, 15) is 19.2 Å². The van der Waals surface area contributed by atoms with E-state index < -0.39 is 35.2 Å². The molecule has 10 nitrogen and oxygen atoms in total. The molecule has 2 atom stereocenters. The summed E-state index contributed by atoms with van der Waals surface area (Å²) >= 11 is 0. The van der Waals surface area contributed by atoms with Gasteiger partial charge in [-0.1, -0.05) is 42.5 Å². The molecule has 0 spiro atoms. The molecule has 2 aromatic carbocycles. The average molecular weight is 597 g/mol. The quantitative estimate of drug-likeness (QED) is 0.191. The number of ether oxygens (including phenoxy) is 4. The summed E-state index contributed by atoms with van der Waals surface area (Å²) < 4.78 is 22.2. The lowest BCUT2D eigenvalue weighted by atomic mass is 10.0. The summed E-state index contributed by atoms with van der Waals surface area (Å²) in [5.74, 6) is -1.14. The first kappa shape index (κ1) is 33.7. The lowest BCUT2D eigenvalue weighted by Crippen LogP contribution is -2.44. The third-order valence-corrected chi connectivity index (χ3v) is 6.60. The molecule has 2 unspecified atom stereocenters. The number of hydrogen-bond donors (Lipinski definition) is 2. The fraction of sp³-hybridized carbons (Fsp3) is 0.515. The number of carbonyl (C=O) groups is 4. The van der Waals surface area contributed by atoms with Crippen molar-refractivity contribution in [2.45, 2.75) is 83.6 Å². The Labute approximate surface area is 253 Å². The molecule has 0 bridgehead atoms.